The number of halogens is 6. The van der Waals surface area contributed by atoms with Crippen LogP contribution in [0, 0.1) is 12.3 Å². The molecule has 148 valence electrons. The Kier molecular flexibility index (Phi) is 5.35. The first-order chi connectivity index (χ1) is 12.1. The lowest BCUT2D eigenvalue weighted by Crippen LogP contribution is -2.24. The Morgan fingerprint density at radius 2 is 1.63 bits per heavy atom. The van der Waals surface area contributed by atoms with E-state index in [9.17, 15) is 31.1 Å². The van der Waals surface area contributed by atoms with Crippen molar-refractivity contribution in [1.29, 1.82) is 0 Å². The van der Waals surface area contributed by atoms with E-state index in [2.05, 4.69) is 4.99 Å². The zero-order valence-corrected chi connectivity index (χ0v) is 15.6. The average Bonchev–Trinajstić information content (AvgIpc) is 2.84. The fourth-order valence-electron chi connectivity index (χ4n) is 2.11. The molecule has 1 aromatic carbocycles. The minimum Gasteiger partial charge on any atom is -0.291 e. The lowest BCUT2D eigenvalue weighted by Gasteiger charge is -2.17. The molecule has 0 spiro atoms. The van der Waals surface area contributed by atoms with Crippen molar-refractivity contribution >= 4 is 17.2 Å². The highest BCUT2D eigenvalue weighted by Crippen LogP contribution is 2.38. The van der Waals surface area contributed by atoms with Crippen molar-refractivity contribution in [3.05, 3.63) is 45.2 Å². The lowest BCUT2D eigenvalue weighted by molar-refractivity contribution is -0.143. The summed E-state index contributed by atoms with van der Waals surface area (Å²) in [5, 5.41) is 0. The topological polar surface area (TPSA) is 34.4 Å². The molecule has 0 aliphatic heterocycles. The largest absolute Gasteiger partial charge is 0.418 e. The average molecular weight is 410 g/mol. The molecule has 27 heavy (non-hydrogen) atoms. The van der Waals surface area contributed by atoms with Gasteiger partial charge in [0.2, 0.25) is 0 Å². The maximum atomic E-state index is 13.4. The number of hydrogen-bond donors (Lipinski definition) is 0. The van der Waals surface area contributed by atoms with Crippen LogP contribution in [-0.4, -0.2) is 10.5 Å². The van der Waals surface area contributed by atoms with Gasteiger partial charge in [-0.3, -0.25) is 9.36 Å². The first-order valence-corrected chi connectivity index (χ1v) is 8.49. The number of thiazole rings is 1. The van der Waals surface area contributed by atoms with Gasteiger partial charge in [0.15, 0.2) is 4.80 Å². The molecule has 0 fully saturated rings. The van der Waals surface area contributed by atoms with Gasteiger partial charge < -0.3 is 0 Å². The van der Waals surface area contributed by atoms with Gasteiger partial charge in [-0.2, -0.15) is 31.3 Å². The van der Waals surface area contributed by atoms with E-state index in [1.165, 1.54) is 6.20 Å². The zero-order valence-electron chi connectivity index (χ0n) is 14.8. The fourth-order valence-corrected chi connectivity index (χ4v) is 2.93. The van der Waals surface area contributed by atoms with E-state index in [0.29, 0.717) is 10.9 Å². The monoisotopic (exact) mass is 410 g/mol. The summed E-state index contributed by atoms with van der Waals surface area (Å²) in [7, 11) is 0. The van der Waals surface area contributed by atoms with Crippen LogP contribution in [-0.2, 0) is 17.1 Å². The molecule has 1 heterocycles. The second-order valence-electron chi connectivity index (χ2n) is 6.89. The molecule has 0 saturated carbocycles. The Hall–Kier alpha value is -2.10. The van der Waals surface area contributed by atoms with Crippen molar-refractivity contribution in [3.63, 3.8) is 0 Å². The summed E-state index contributed by atoms with van der Waals surface area (Å²) in [5.74, 6) is -0.557. The third kappa shape index (κ3) is 4.79. The molecule has 0 aliphatic carbocycles. The summed E-state index contributed by atoms with van der Waals surface area (Å²) in [6.07, 6.45) is -8.63. The van der Waals surface area contributed by atoms with E-state index in [1.807, 2.05) is 0 Å². The minimum absolute atomic E-state index is 0.0438. The van der Waals surface area contributed by atoms with Crippen LogP contribution in [0.25, 0.3) is 5.69 Å². The highest BCUT2D eigenvalue weighted by Gasteiger charge is 2.38. The molecule has 2 aromatic rings. The van der Waals surface area contributed by atoms with E-state index in [4.69, 9.17) is 0 Å². The maximum Gasteiger partial charge on any atom is 0.418 e. The third-order valence-electron chi connectivity index (χ3n) is 3.50. The molecule has 3 nitrogen and oxygen atoms in total. The molecular formula is C17H16F6N2OS. The molecule has 0 radical (unpaired) electrons. The maximum absolute atomic E-state index is 13.4. The molecule has 10 heteroatoms. The normalized spacial score (nSPS) is 13.9. The van der Waals surface area contributed by atoms with E-state index >= 15 is 0 Å². The van der Waals surface area contributed by atoms with Crippen LogP contribution in [0.1, 0.15) is 36.8 Å². The van der Waals surface area contributed by atoms with Gasteiger partial charge in [0, 0.05) is 16.5 Å². The quantitative estimate of drug-likeness (QED) is 0.583. The Balaban J connectivity index is 2.77. The van der Waals surface area contributed by atoms with Crippen LogP contribution in [0.5, 0.6) is 0 Å². The molecule has 1 aromatic heterocycles. The lowest BCUT2D eigenvalue weighted by atomic mass is 9.96. The first kappa shape index (κ1) is 21.2. The molecule has 0 N–H and O–H groups in total. The van der Waals surface area contributed by atoms with Crippen molar-refractivity contribution in [2.45, 2.75) is 40.0 Å². The van der Waals surface area contributed by atoms with E-state index < -0.39 is 40.5 Å². The molecule has 0 unspecified atom stereocenters. The van der Waals surface area contributed by atoms with Gasteiger partial charge in [-0.25, -0.2) is 0 Å². The summed E-state index contributed by atoms with van der Waals surface area (Å²) in [6.45, 7) is 6.40. The molecular weight excluding hydrogens is 394 g/mol. The molecule has 2 rings (SSSR count). The number of nitrogens with zero attached hydrogens (tertiary/aromatic N) is 2. The van der Waals surface area contributed by atoms with Crippen molar-refractivity contribution in [1.82, 2.24) is 4.57 Å². The van der Waals surface area contributed by atoms with E-state index in [-0.39, 0.29) is 10.9 Å². The number of hydrogen-bond acceptors (Lipinski definition) is 2. The molecule has 0 atom stereocenters. The van der Waals surface area contributed by atoms with Crippen LogP contribution in [0.4, 0.5) is 26.3 Å². The fraction of sp³-hybridized carbons (Fsp3) is 0.412. The predicted molar refractivity (Wildman–Crippen MR) is 88.4 cm³/mol. The second-order valence-corrected chi connectivity index (χ2v) is 8.10. The number of amides is 1. The number of benzene rings is 1. The minimum atomic E-state index is -5.02. The van der Waals surface area contributed by atoms with Crippen molar-refractivity contribution in [3.8, 4) is 5.69 Å². The highest BCUT2D eigenvalue weighted by atomic mass is 32.1. The number of aryl methyl sites for hydroxylation is 1. The molecule has 1 amide bonds. The number of aromatic nitrogens is 1. The molecule has 0 saturated heterocycles. The van der Waals surface area contributed by atoms with Gasteiger partial charge >= 0.3 is 12.4 Å². The van der Waals surface area contributed by atoms with Crippen molar-refractivity contribution in [2.24, 2.45) is 10.4 Å². The number of carbonyl (C=O) groups is 1. The predicted octanol–water partition coefficient (Wildman–Crippen LogP) is 5.36. The Morgan fingerprint density at radius 3 is 2.11 bits per heavy atom. The first-order valence-electron chi connectivity index (χ1n) is 7.68. The Labute approximate surface area is 155 Å². The smallest absolute Gasteiger partial charge is 0.291 e. The van der Waals surface area contributed by atoms with Crippen LogP contribution < -0.4 is 4.80 Å². The van der Waals surface area contributed by atoms with E-state index in [0.717, 1.165) is 22.0 Å². The standard InChI is InChI=1S/C17H16F6N2OS/c1-9-8-25(14(27-9)24-13(26)15(2,3)4)12-6-5-10(16(18,19)20)7-11(12)17(21,22)23/h5-8H,1-4H3. The Bertz CT molecular complexity index is 929. The molecule has 0 aliphatic rings. The summed E-state index contributed by atoms with van der Waals surface area (Å²) in [6, 6.07) is 1.36. The summed E-state index contributed by atoms with van der Waals surface area (Å²) < 4.78 is 79.8. The van der Waals surface area contributed by atoms with Crippen molar-refractivity contribution < 1.29 is 31.1 Å². The number of alkyl halides is 6. The van der Waals surface area contributed by atoms with Gasteiger partial charge in [0.05, 0.1) is 16.8 Å². The van der Waals surface area contributed by atoms with Gasteiger partial charge in [-0.15, -0.1) is 11.3 Å². The van der Waals surface area contributed by atoms with Gasteiger partial charge in [0.1, 0.15) is 0 Å². The highest BCUT2D eigenvalue weighted by molar-refractivity contribution is 7.09. The zero-order chi connectivity index (χ0) is 20.8. The van der Waals surface area contributed by atoms with Crippen molar-refractivity contribution in [2.75, 3.05) is 0 Å². The number of carbonyl (C=O) groups excluding carboxylic acids is 1. The van der Waals surface area contributed by atoms with Gasteiger partial charge in [0.25, 0.3) is 5.91 Å². The third-order valence-corrected chi connectivity index (χ3v) is 4.39. The number of rotatable bonds is 1. The second kappa shape index (κ2) is 6.81. The SMILES string of the molecule is Cc1cn(-c2ccc(C(F)(F)F)cc2C(F)(F)F)c(=NC(=O)C(C)(C)C)s1. The molecule has 0 bridgehead atoms. The van der Waals surface area contributed by atoms with Gasteiger partial charge in [-0.05, 0) is 25.1 Å². The van der Waals surface area contributed by atoms with E-state index in [1.54, 1.807) is 27.7 Å². The van der Waals surface area contributed by atoms with Crippen LogP contribution in [0.3, 0.4) is 0 Å². The van der Waals surface area contributed by atoms with Gasteiger partial charge in [-0.1, -0.05) is 20.8 Å². The van der Waals surface area contributed by atoms with Crippen LogP contribution in [0.15, 0.2) is 29.4 Å². The summed E-state index contributed by atoms with van der Waals surface area (Å²) in [4.78, 5) is 16.5. The van der Waals surface area contributed by atoms with Crippen LogP contribution in [0.2, 0.25) is 0 Å². The summed E-state index contributed by atoms with van der Waals surface area (Å²) in [5.41, 5.74) is -4.25. The van der Waals surface area contributed by atoms with Crippen LogP contribution >= 0.6 is 11.3 Å². The Morgan fingerprint density at radius 1 is 1.04 bits per heavy atom. The summed E-state index contributed by atoms with van der Waals surface area (Å²) >= 11 is 0.969.